The molecule has 0 atom stereocenters. The van der Waals surface area contributed by atoms with Crippen molar-refractivity contribution in [1.29, 1.82) is 0 Å². The molecule has 0 unspecified atom stereocenters. The lowest BCUT2D eigenvalue weighted by Crippen LogP contribution is -2.45. The Kier molecular flexibility index (Phi) is 5.92. The van der Waals surface area contributed by atoms with Crippen LogP contribution in [0.3, 0.4) is 0 Å². The van der Waals surface area contributed by atoms with E-state index in [1.807, 2.05) is 18.9 Å². The third-order valence-electron chi connectivity index (χ3n) is 8.92. The van der Waals surface area contributed by atoms with Crippen LogP contribution in [0.2, 0.25) is 0 Å². The minimum absolute atomic E-state index is 0.0364. The maximum absolute atomic E-state index is 13.6. The standard InChI is InChI=1S/C29H35N5O3/c1-19-25-26(37-3)23(17-30-27(25)32(2)31-19)28(36)34-13-10-29(18-34)8-11-33(12-9-29)24(35)16-20-14-21-6-4-5-7-22(21)15-20/h4-7,17,20H,8-16,18H2,1-3H3. The molecule has 8 heteroatoms. The number of benzene rings is 1. The number of pyridine rings is 1. The van der Waals surface area contributed by atoms with E-state index >= 15 is 0 Å². The fourth-order valence-electron chi connectivity index (χ4n) is 6.83. The summed E-state index contributed by atoms with van der Waals surface area (Å²) in [4.78, 5) is 35.2. The summed E-state index contributed by atoms with van der Waals surface area (Å²) in [5, 5.41) is 5.24. The second-order valence-corrected chi connectivity index (χ2v) is 11.2. The van der Waals surface area contributed by atoms with Gasteiger partial charge in [0.1, 0.15) is 11.3 Å². The van der Waals surface area contributed by atoms with Gasteiger partial charge in [-0.3, -0.25) is 14.3 Å². The van der Waals surface area contributed by atoms with Crippen LogP contribution in [0.1, 0.15) is 52.9 Å². The number of hydrogen-bond acceptors (Lipinski definition) is 5. The zero-order valence-electron chi connectivity index (χ0n) is 22.0. The van der Waals surface area contributed by atoms with Gasteiger partial charge in [-0.2, -0.15) is 5.10 Å². The lowest BCUT2D eigenvalue weighted by atomic mass is 9.77. The van der Waals surface area contributed by atoms with Gasteiger partial charge in [0.15, 0.2) is 5.65 Å². The van der Waals surface area contributed by atoms with Gasteiger partial charge >= 0.3 is 0 Å². The molecule has 2 amide bonds. The van der Waals surface area contributed by atoms with Gasteiger partial charge in [0.05, 0.1) is 18.2 Å². The number of fused-ring (bicyclic) bond motifs is 2. The molecule has 2 fully saturated rings. The fraction of sp³-hybridized carbons (Fsp3) is 0.517. The Hall–Kier alpha value is -3.42. The minimum Gasteiger partial charge on any atom is -0.495 e. The lowest BCUT2D eigenvalue weighted by Gasteiger charge is -2.39. The van der Waals surface area contributed by atoms with Crippen molar-refractivity contribution < 1.29 is 14.3 Å². The Bertz CT molecular complexity index is 1350. The molecule has 2 saturated heterocycles. The molecule has 2 aromatic heterocycles. The molecular formula is C29H35N5O3. The van der Waals surface area contributed by atoms with Crippen LogP contribution in [0, 0.1) is 18.3 Å². The summed E-state index contributed by atoms with van der Waals surface area (Å²) in [6.07, 6.45) is 7.15. The number of methoxy groups -OCH3 is 1. The number of ether oxygens (including phenoxy) is 1. The number of nitrogens with zero attached hydrogens (tertiary/aromatic N) is 5. The van der Waals surface area contributed by atoms with E-state index in [0.717, 1.165) is 69.4 Å². The predicted molar refractivity (Wildman–Crippen MR) is 141 cm³/mol. The summed E-state index contributed by atoms with van der Waals surface area (Å²) < 4.78 is 7.42. The highest BCUT2D eigenvalue weighted by atomic mass is 16.5. The summed E-state index contributed by atoms with van der Waals surface area (Å²) in [5.41, 5.74) is 4.89. The van der Waals surface area contributed by atoms with Crippen LogP contribution in [-0.4, -0.2) is 69.7 Å². The Morgan fingerprint density at radius 1 is 1.05 bits per heavy atom. The molecule has 1 aromatic carbocycles. The van der Waals surface area contributed by atoms with Crippen LogP contribution >= 0.6 is 0 Å². The number of piperidine rings is 1. The minimum atomic E-state index is -0.0364. The third kappa shape index (κ3) is 4.16. The van der Waals surface area contributed by atoms with Crippen molar-refractivity contribution in [2.45, 2.75) is 45.4 Å². The summed E-state index contributed by atoms with van der Waals surface area (Å²) >= 11 is 0. The first kappa shape index (κ1) is 23.9. The quantitative estimate of drug-likeness (QED) is 0.546. The number of aromatic nitrogens is 3. The van der Waals surface area contributed by atoms with E-state index in [0.29, 0.717) is 29.3 Å². The van der Waals surface area contributed by atoms with Gasteiger partial charge in [0.2, 0.25) is 5.91 Å². The zero-order valence-corrected chi connectivity index (χ0v) is 22.0. The van der Waals surface area contributed by atoms with Crippen LogP contribution in [0.5, 0.6) is 5.75 Å². The van der Waals surface area contributed by atoms with Crippen molar-refractivity contribution in [3.8, 4) is 5.75 Å². The third-order valence-corrected chi connectivity index (χ3v) is 8.92. The monoisotopic (exact) mass is 501 g/mol. The topological polar surface area (TPSA) is 80.6 Å². The van der Waals surface area contributed by atoms with E-state index in [2.05, 4.69) is 39.2 Å². The lowest BCUT2D eigenvalue weighted by molar-refractivity contribution is -0.134. The van der Waals surface area contributed by atoms with Crippen molar-refractivity contribution >= 4 is 22.8 Å². The number of likely N-dealkylation sites (tertiary alicyclic amines) is 2. The van der Waals surface area contributed by atoms with Crippen LogP contribution in [0.4, 0.5) is 0 Å². The van der Waals surface area contributed by atoms with Crippen LogP contribution < -0.4 is 4.74 Å². The van der Waals surface area contributed by atoms with E-state index in [1.165, 1.54) is 11.1 Å². The highest BCUT2D eigenvalue weighted by Crippen LogP contribution is 2.42. The molecule has 4 heterocycles. The van der Waals surface area contributed by atoms with Crippen LogP contribution in [0.15, 0.2) is 30.5 Å². The number of hydrogen-bond donors (Lipinski definition) is 0. The highest BCUT2D eigenvalue weighted by molar-refractivity contribution is 6.02. The van der Waals surface area contributed by atoms with E-state index in [1.54, 1.807) is 18.0 Å². The van der Waals surface area contributed by atoms with Crippen molar-refractivity contribution in [1.82, 2.24) is 24.6 Å². The van der Waals surface area contributed by atoms with Crippen molar-refractivity contribution in [2.24, 2.45) is 18.4 Å². The maximum Gasteiger partial charge on any atom is 0.259 e. The molecule has 194 valence electrons. The number of rotatable bonds is 4. The number of amides is 2. The van der Waals surface area contributed by atoms with Crippen molar-refractivity contribution in [3.63, 3.8) is 0 Å². The second kappa shape index (κ2) is 9.15. The Morgan fingerprint density at radius 3 is 2.35 bits per heavy atom. The Labute approximate surface area is 217 Å². The van der Waals surface area contributed by atoms with Gasteiger partial charge < -0.3 is 14.5 Å². The van der Waals surface area contributed by atoms with Gasteiger partial charge in [-0.05, 0) is 61.5 Å². The summed E-state index contributed by atoms with van der Waals surface area (Å²) in [7, 11) is 3.44. The van der Waals surface area contributed by atoms with Crippen LogP contribution in [0.25, 0.3) is 11.0 Å². The average Bonchev–Trinajstić information content (AvgIpc) is 3.58. The fourth-order valence-corrected chi connectivity index (χ4v) is 6.83. The summed E-state index contributed by atoms with van der Waals surface area (Å²) in [6, 6.07) is 8.57. The maximum atomic E-state index is 13.6. The molecule has 8 nitrogen and oxygen atoms in total. The van der Waals surface area contributed by atoms with E-state index in [4.69, 9.17) is 4.74 Å². The summed E-state index contributed by atoms with van der Waals surface area (Å²) in [5.74, 6) is 1.22. The van der Waals surface area contributed by atoms with E-state index in [9.17, 15) is 9.59 Å². The van der Waals surface area contributed by atoms with Gasteiger partial charge in [-0.25, -0.2) is 4.98 Å². The zero-order chi connectivity index (χ0) is 25.7. The molecule has 3 aromatic rings. The van der Waals surface area contributed by atoms with Crippen LogP contribution in [-0.2, 0) is 24.7 Å². The smallest absolute Gasteiger partial charge is 0.259 e. The number of carbonyl (C=O) groups is 2. The van der Waals surface area contributed by atoms with E-state index < -0.39 is 0 Å². The predicted octanol–water partition coefficient (Wildman–Crippen LogP) is 3.55. The molecule has 2 aliphatic heterocycles. The molecule has 3 aliphatic rings. The molecule has 0 bridgehead atoms. The molecule has 1 spiro atoms. The largest absolute Gasteiger partial charge is 0.495 e. The number of carbonyl (C=O) groups excluding carboxylic acids is 2. The molecular weight excluding hydrogens is 466 g/mol. The normalized spacial score (nSPS) is 19.1. The van der Waals surface area contributed by atoms with Gasteiger partial charge in [0.25, 0.3) is 5.91 Å². The van der Waals surface area contributed by atoms with E-state index in [-0.39, 0.29) is 17.2 Å². The molecule has 0 radical (unpaired) electrons. The Balaban J connectivity index is 1.08. The van der Waals surface area contributed by atoms with Crippen molar-refractivity contribution in [3.05, 3.63) is 52.8 Å². The molecule has 0 N–H and O–H groups in total. The number of aryl methyl sites for hydroxylation is 2. The first-order valence-electron chi connectivity index (χ1n) is 13.4. The first-order valence-corrected chi connectivity index (χ1v) is 13.4. The molecule has 37 heavy (non-hydrogen) atoms. The molecule has 1 aliphatic carbocycles. The Morgan fingerprint density at radius 2 is 1.70 bits per heavy atom. The SMILES string of the molecule is COc1c(C(=O)N2CCC3(CCN(C(=O)CC4Cc5ccccc5C4)CC3)C2)cnc2c1c(C)nn2C. The summed E-state index contributed by atoms with van der Waals surface area (Å²) in [6.45, 7) is 4.92. The van der Waals surface area contributed by atoms with Gasteiger partial charge in [-0.1, -0.05) is 24.3 Å². The first-order chi connectivity index (χ1) is 17.9. The second-order valence-electron chi connectivity index (χ2n) is 11.2. The molecule has 0 saturated carbocycles. The average molecular weight is 502 g/mol. The highest BCUT2D eigenvalue weighted by Gasteiger charge is 2.43. The van der Waals surface area contributed by atoms with Crippen molar-refractivity contribution in [2.75, 3.05) is 33.3 Å². The molecule has 6 rings (SSSR count). The van der Waals surface area contributed by atoms with Gasteiger partial charge in [0, 0.05) is 45.8 Å². The van der Waals surface area contributed by atoms with Gasteiger partial charge in [-0.15, -0.1) is 0 Å².